The summed E-state index contributed by atoms with van der Waals surface area (Å²) in [4.78, 5) is 13.2. The third-order valence-electron chi connectivity index (χ3n) is 2.85. The number of aryl methyl sites for hydroxylation is 1. The number of anilines is 1. The van der Waals surface area contributed by atoms with E-state index in [0.29, 0.717) is 5.92 Å². The van der Waals surface area contributed by atoms with Crippen molar-refractivity contribution in [1.29, 1.82) is 0 Å². The fraction of sp³-hybridized carbons (Fsp3) is 0.643. The van der Waals surface area contributed by atoms with E-state index >= 15 is 0 Å². The minimum absolute atomic E-state index is 0.357. The number of hydrogen-bond donors (Lipinski definition) is 1. The lowest BCUT2D eigenvalue weighted by molar-refractivity contribution is 0.0636. The highest BCUT2D eigenvalue weighted by molar-refractivity contribution is 7.10. The number of hydrogen-bond acceptors (Lipinski definition) is 3. The maximum absolute atomic E-state index is 11.8. The van der Waals surface area contributed by atoms with Crippen LogP contribution in [0.3, 0.4) is 0 Å². The largest absolute Gasteiger partial charge is 0.444 e. The van der Waals surface area contributed by atoms with Crippen molar-refractivity contribution in [3.8, 4) is 0 Å². The Bertz CT molecular complexity index is 441. The Morgan fingerprint density at radius 3 is 2.67 bits per heavy atom. The quantitative estimate of drug-likeness (QED) is 0.873. The van der Waals surface area contributed by atoms with Crippen molar-refractivity contribution >= 4 is 23.1 Å². The van der Waals surface area contributed by atoms with Gasteiger partial charge >= 0.3 is 6.09 Å². The van der Waals surface area contributed by atoms with Gasteiger partial charge in [-0.15, -0.1) is 11.3 Å². The molecule has 1 aliphatic carbocycles. The highest BCUT2D eigenvalue weighted by Gasteiger charge is 2.30. The number of carbonyl (C=O) groups excluding carboxylic acids is 1. The summed E-state index contributed by atoms with van der Waals surface area (Å²) in [7, 11) is 0. The molecule has 1 aliphatic rings. The molecule has 1 saturated carbocycles. The molecule has 0 aliphatic heterocycles. The Balaban J connectivity index is 2.09. The highest BCUT2D eigenvalue weighted by atomic mass is 32.1. The second-order valence-corrected chi connectivity index (χ2v) is 6.71. The van der Waals surface area contributed by atoms with E-state index in [1.54, 1.807) is 11.3 Å². The summed E-state index contributed by atoms with van der Waals surface area (Å²) >= 11 is 1.73. The lowest BCUT2D eigenvalue weighted by atomic mass is 10.1. The van der Waals surface area contributed by atoms with Crippen LogP contribution in [0.15, 0.2) is 5.38 Å². The van der Waals surface area contributed by atoms with Gasteiger partial charge in [0.15, 0.2) is 0 Å². The van der Waals surface area contributed by atoms with Crippen molar-refractivity contribution in [3.05, 3.63) is 15.8 Å². The molecule has 2 rings (SSSR count). The molecule has 1 N–H and O–H groups in total. The van der Waals surface area contributed by atoms with Crippen molar-refractivity contribution in [2.75, 3.05) is 5.32 Å². The Hall–Kier alpha value is -1.03. The molecular formula is C14H21NO2S. The Labute approximate surface area is 113 Å². The fourth-order valence-electron chi connectivity index (χ4n) is 2.01. The van der Waals surface area contributed by atoms with E-state index in [9.17, 15) is 4.79 Å². The summed E-state index contributed by atoms with van der Waals surface area (Å²) in [5.74, 6) is 0.649. The third kappa shape index (κ3) is 3.25. The van der Waals surface area contributed by atoms with Crippen LogP contribution >= 0.6 is 11.3 Å². The number of amides is 1. The minimum Gasteiger partial charge on any atom is -0.444 e. The monoisotopic (exact) mass is 267 g/mol. The Kier molecular flexibility index (Phi) is 3.66. The van der Waals surface area contributed by atoms with E-state index in [4.69, 9.17) is 4.74 Å². The van der Waals surface area contributed by atoms with Crippen LogP contribution in [0.1, 0.15) is 56.9 Å². The predicted molar refractivity (Wildman–Crippen MR) is 75.5 cm³/mol. The zero-order valence-electron chi connectivity index (χ0n) is 11.5. The lowest BCUT2D eigenvalue weighted by Gasteiger charge is -2.19. The second kappa shape index (κ2) is 4.92. The van der Waals surface area contributed by atoms with Gasteiger partial charge in [-0.2, -0.15) is 0 Å². The molecule has 0 atom stereocenters. The first kappa shape index (κ1) is 13.4. The van der Waals surface area contributed by atoms with Gasteiger partial charge in [0.05, 0.1) is 5.69 Å². The molecule has 1 amide bonds. The number of rotatable bonds is 3. The van der Waals surface area contributed by atoms with Crippen LogP contribution in [0, 0.1) is 0 Å². The summed E-state index contributed by atoms with van der Waals surface area (Å²) < 4.78 is 5.29. The standard InChI is InChI=1S/C14H21NO2S/c1-5-11-12(9-6-7-9)10(8-18-11)15-13(16)17-14(2,3)4/h8-9H,5-7H2,1-4H3,(H,15,16). The summed E-state index contributed by atoms with van der Waals surface area (Å²) in [6.07, 6.45) is 3.16. The first-order valence-electron chi connectivity index (χ1n) is 6.51. The van der Waals surface area contributed by atoms with Crippen LogP contribution in [0.5, 0.6) is 0 Å². The van der Waals surface area contributed by atoms with Crippen LogP contribution in [0.25, 0.3) is 0 Å². The van der Waals surface area contributed by atoms with Crippen LogP contribution in [-0.2, 0) is 11.2 Å². The van der Waals surface area contributed by atoms with Crippen molar-refractivity contribution in [1.82, 2.24) is 0 Å². The van der Waals surface area contributed by atoms with Gasteiger partial charge in [-0.25, -0.2) is 4.79 Å². The molecule has 0 spiro atoms. The molecule has 1 fully saturated rings. The zero-order valence-corrected chi connectivity index (χ0v) is 12.3. The van der Waals surface area contributed by atoms with Crippen LogP contribution in [0.2, 0.25) is 0 Å². The molecule has 1 aromatic heterocycles. The van der Waals surface area contributed by atoms with E-state index in [-0.39, 0.29) is 6.09 Å². The first-order valence-corrected chi connectivity index (χ1v) is 7.39. The first-order chi connectivity index (χ1) is 8.40. The second-order valence-electron chi connectivity index (χ2n) is 5.74. The molecule has 4 heteroatoms. The van der Waals surface area contributed by atoms with Crippen LogP contribution < -0.4 is 5.32 Å². The fourth-order valence-corrected chi connectivity index (χ4v) is 3.03. The van der Waals surface area contributed by atoms with Crippen molar-refractivity contribution in [2.45, 2.75) is 58.5 Å². The summed E-state index contributed by atoms with van der Waals surface area (Å²) in [6.45, 7) is 7.79. The predicted octanol–water partition coefficient (Wildman–Crippen LogP) is 4.53. The minimum atomic E-state index is -0.451. The number of carbonyl (C=O) groups is 1. The summed E-state index contributed by atoms with van der Waals surface area (Å²) in [5, 5.41) is 4.93. The van der Waals surface area contributed by atoms with Crippen LogP contribution in [0.4, 0.5) is 10.5 Å². The molecule has 3 nitrogen and oxygen atoms in total. The molecular weight excluding hydrogens is 246 g/mol. The molecule has 0 radical (unpaired) electrons. The topological polar surface area (TPSA) is 38.3 Å². The van der Waals surface area contributed by atoms with Crippen molar-refractivity contribution < 1.29 is 9.53 Å². The average molecular weight is 267 g/mol. The molecule has 0 aromatic carbocycles. The number of thiophene rings is 1. The molecule has 1 heterocycles. The van der Waals surface area contributed by atoms with Gasteiger partial charge in [0.2, 0.25) is 0 Å². The van der Waals surface area contributed by atoms with Gasteiger partial charge in [-0.3, -0.25) is 5.32 Å². The normalized spacial score (nSPS) is 15.6. The molecule has 100 valence electrons. The summed E-state index contributed by atoms with van der Waals surface area (Å²) in [5.41, 5.74) is 1.84. The Morgan fingerprint density at radius 1 is 1.50 bits per heavy atom. The van der Waals surface area contributed by atoms with Gasteiger partial charge in [0.25, 0.3) is 0 Å². The van der Waals surface area contributed by atoms with E-state index in [0.717, 1.165) is 12.1 Å². The molecule has 0 bridgehead atoms. The van der Waals surface area contributed by atoms with E-state index < -0.39 is 5.60 Å². The van der Waals surface area contributed by atoms with Gasteiger partial charge < -0.3 is 4.74 Å². The van der Waals surface area contributed by atoms with E-state index in [2.05, 4.69) is 12.2 Å². The zero-order chi connectivity index (χ0) is 13.3. The average Bonchev–Trinajstić information content (AvgIpc) is 2.98. The van der Waals surface area contributed by atoms with Crippen molar-refractivity contribution in [2.24, 2.45) is 0 Å². The van der Waals surface area contributed by atoms with Gasteiger partial charge in [-0.05, 0) is 51.5 Å². The van der Waals surface area contributed by atoms with Gasteiger partial charge in [0, 0.05) is 10.3 Å². The third-order valence-corrected chi connectivity index (χ3v) is 4.00. The highest BCUT2D eigenvalue weighted by Crippen LogP contribution is 2.47. The van der Waals surface area contributed by atoms with E-state index in [1.807, 2.05) is 26.2 Å². The molecule has 18 heavy (non-hydrogen) atoms. The maximum atomic E-state index is 11.8. The SMILES string of the molecule is CCc1scc(NC(=O)OC(C)(C)C)c1C1CC1. The summed E-state index contributed by atoms with van der Waals surface area (Å²) in [6, 6.07) is 0. The molecule has 0 unspecified atom stereocenters. The van der Waals surface area contributed by atoms with Gasteiger partial charge in [-0.1, -0.05) is 6.92 Å². The molecule has 1 aromatic rings. The smallest absolute Gasteiger partial charge is 0.412 e. The van der Waals surface area contributed by atoms with Crippen molar-refractivity contribution in [3.63, 3.8) is 0 Å². The number of ether oxygens (including phenoxy) is 1. The maximum Gasteiger partial charge on any atom is 0.412 e. The number of nitrogens with one attached hydrogen (secondary N) is 1. The van der Waals surface area contributed by atoms with Gasteiger partial charge in [0.1, 0.15) is 5.60 Å². The Morgan fingerprint density at radius 2 is 2.17 bits per heavy atom. The van der Waals surface area contributed by atoms with E-state index in [1.165, 1.54) is 23.3 Å². The van der Waals surface area contributed by atoms with Crippen LogP contribution in [-0.4, -0.2) is 11.7 Å². The molecule has 0 saturated heterocycles. The lowest BCUT2D eigenvalue weighted by Crippen LogP contribution is -2.27.